The predicted octanol–water partition coefficient (Wildman–Crippen LogP) is 2.30. The van der Waals surface area contributed by atoms with Crippen LogP contribution in [0.25, 0.3) is 6.08 Å². The van der Waals surface area contributed by atoms with E-state index in [4.69, 9.17) is 0 Å². The van der Waals surface area contributed by atoms with E-state index in [2.05, 4.69) is 4.74 Å². The van der Waals surface area contributed by atoms with Gasteiger partial charge in [-0.1, -0.05) is 30.3 Å². The van der Waals surface area contributed by atoms with Crippen LogP contribution in [0.4, 0.5) is 0 Å². The number of esters is 1. The number of benzene rings is 1. The summed E-state index contributed by atoms with van der Waals surface area (Å²) in [6.45, 7) is 1.46. The van der Waals surface area contributed by atoms with Crippen molar-refractivity contribution in [3.8, 4) is 0 Å². The summed E-state index contributed by atoms with van der Waals surface area (Å²) in [5.74, 6) is -0.535. The highest BCUT2D eigenvalue weighted by Crippen LogP contribution is 2.14. The normalized spacial score (nSPS) is 12.9. The van der Waals surface area contributed by atoms with Crippen LogP contribution < -0.4 is 0 Å². The molecule has 5 nitrogen and oxygen atoms in total. The van der Waals surface area contributed by atoms with Crippen molar-refractivity contribution in [1.29, 1.82) is 0 Å². The largest absolute Gasteiger partial charge is 0.466 e. The molecule has 0 spiro atoms. The van der Waals surface area contributed by atoms with Crippen LogP contribution in [0.15, 0.2) is 35.9 Å². The van der Waals surface area contributed by atoms with Crippen LogP contribution in [0, 0.1) is 10.1 Å². The molecular formula is C13H15NO4. The van der Waals surface area contributed by atoms with Crippen molar-refractivity contribution in [3.63, 3.8) is 0 Å². The van der Waals surface area contributed by atoms with E-state index in [0.717, 1.165) is 5.56 Å². The fourth-order valence-electron chi connectivity index (χ4n) is 1.48. The van der Waals surface area contributed by atoms with Crippen molar-refractivity contribution in [2.75, 3.05) is 7.11 Å². The zero-order valence-corrected chi connectivity index (χ0v) is 10.3. The number of methoxy groups -OCH3 is 1. The number of hydrogen-bond acceptors (Lipinski definition) is 4. The average Bonchev–Trinajstić information content (AvgIpc) is 2.38. The monoisotopic (exact) mass is 249 g/mol. The van der Waals surface area contributed by atoms with Crippen LogP contribution in [0.3, 0.4) is 0 Å². The second kappa shape index (κ2) is 6.54. The molecule has 0 radical (unpaired) electrons. The summed E-state index contributed by atoms with van der Waals surface area (Å²) in [6.07, 6.45) is 1.67. The molecule has 0 N–H and O–H groups in total. The van der Waals surface area contributed by atoms with E-state index in [9.17, 15) is 14.9 Å². The Balaban J connectivity index is 2.95. The molecule has 0 aliphatic carbocycles. The van der Waals surface area contributed by atoms with Crippen LogP contribution in [0.5, 0.6) is 0 Å². The lowest BCUT2D eigenvalue weighted by Crippen LogP contribution is -2.19. The van der Waals surface area contributed by atoms with Gasteiger partial charge in [0, 0.05) is 23.8 Å². The smallest absolute Gasteiger partial charge is 0.334 e. The Morgan fingerprint density at radius 2 is 2.06 bits per heavy atom. The van der Waals surface area contributed by atoms with E-state index in [1.807, 2.05) is 30.3 Å². The van der Waals surface area contributed by atoms with Crippen molar-refractivity contribution in [1.82, 2.24) is 0 Å². The van der Waals surface area contributed by atoms with E-state index >= 15 is 0 Å². The Labute approximate surface area is 105 Å². The van der Waals surface area contributed by atoms with Gasteiger partial charge in [0.05, 0.1) is 7.11 Å². The molecule has 0 aliphatic heterocycles. The molecule has 1 aromatic rings. The molecule has 1 unspecified atom stereocenters. The Morgan fingerprint density at radius 1 is 1.44 bits per heavy atom. The molecule has 0 bridgehead atoms. The summed E-state index contributed by atoms with van der Waals surface area (Å²) in [6, 6.07) is 8.34. The fourth-order valence-corrected chi connectivity index (χ4v) is 1.48. The third-order valence-corrected chi connectivity index (χ3v) is 2.46. The van der Waals surface area contributed by atoms with Crippen LogP contribution >= 0.6 is 0 Å². The number of ether oxygens (including phenoxy) is 1. The van der Waals surface area contributed by atoms with Gasteiger partial charge >= 0.3 is 5.97 Å². The molecule has 0 heterocycles. The highest BCUT2D eigenvalue weighted by molar-refractivity contribution is 5.93. The Hall–Kier alpha value is -2.17. The number of carbonyl (C=O) groups is 1. The van der Waals surface area contributed by atoms with E-state index in [1.54, 1.807) is 6.08 Å². The molecule has 18 heavy (non-hydrogen) atoms. The van der Waals surface area contributed by atoms with Crippen molar-refractivity contribution >= 4 is 12.0 Å². The minimum Gasteiger partial charge on any atom is -0.466 e. The van der Waals surface area contributed by atoms with Gasteiger partial charge in [0.1, 0.15) is 0 Å². The quantitative estimate of drug-likeness (QED) is 0.347. The predicted molar refractivity (Wildman–Crippen MR) is 67.5 cm³/mol. The van der Waals surface area contributed by atoms with Gasteiger partial charge in [-0.15, -0.1) is 0 Å². The molecule has 0 aliphatic rings. The first-order valence-electron chi connectivity index (χ1n) is 5.52. The van der Waals surface area contributed by atoms with Crippen molar-refractivity contribution in [3.05, 3.63) is 51.6 Å². The van der Waals surface area contributed by atoms with E-state index in [-0.39, 0.29) is 6.42 Å². The lowest BCUT2D eigenvalue weighted by molar-refractivity contribution is -0.517. The van der Waals surface area contributed by atoms with Gasteiger partial charge in [0.25, 0.3) is 0 Å². The van der Waals surface area contributed by atoms with Crippen LogP contribution in [-0.2, 0) is 9.53 Å². The summed E-state index contributed by atoms with van der Waals surface area (Å²) >= 11 is 0. The van der Waals surface area contributed by atoms with Crippen molar-refractivity contribution in [2.45, 2.75) is 19.4 Å². The maximum atomic E-state index is 11.6. The summed E-state index contributed by atoms with van der Waals surface area (Å²) < 4.78 is 4.64. The third kappa shape index (κ3) is 4.01. The zero-order chi connectivity index (χ0) is 13.5. The zero-order valence-electron chi connectivity index (χ0n) is 10.3. The molecule has 0 saturated heterocycles. The van der Waals surface area contributed by atoms with Gasteiger partial charge in [-0.25, -0.2) is 4.79 Å². The molecule has 0 aromatic heterocycles. The first kappa shape index (κ1) is 13.9. The molecule has 1 aromatic carbocycles. The topological polar surface area (TPSA) is 69.4 Å². The van der Waals surface area contributed by atoms with Gasteiger partial charge in [0.2, 0.25) is 6.04 Å². The maximum absolute atomic E-state index is 11.6. The number of carbonyl (C=O) groups excluding carboxylic acids is 1. The summed E-state index contributed by atoms with van der Waals surface area (Å²) in [5, 5.41) is 10.6. The average molecular weight is 249 g/mol. The first-order valence-corrected chi connectivity index (χ1v) is 5.52. The summed E-state index contributed by atoms with van der Waals surface area (Å²) in [7, 11) is 1.26. The van der Waals surface area contributed by atoms with Gasteiger partial charge in [-0.2, -0.15) is 0 Å². The molecule has 1 atom stereocenters. The van der Waals surface area contributed by atoms with Crippen LogP contribution in [0.1, 0.15) is 18.9 Å². The highest BCUT2D eigenvalue weighted by atomic mass is 16.6. The number of nitro groups is 1. The van der Waals surface area contributed by atoms with Gasteiger partial charge in [-0.3, -0.25) is 10.1 Å². The molecule has 0 amide bonds. The standard InChI is InChI=1S/C13H15NO4/c1-10(14(16)17)8-12(13(15)18-2)9-11-6-4-3-5-7-11/h3-7,9-10H,8H2,1-2H3/b12-9-. The second-order valence-electron chi connectivity index (χ2n) is 3.91. The lowest BCUT2D eigenvalue weighted by atomic mass is 10.0. The van der Waals surface area contributed by atoms with Crippen molar-refractivity contribution < 1.29 is 14.5 Å². The lowest BCUT2D eigenvalue weighted by Gasteiger charge is -2.07. The van der Waals surface area contributed by atoms with Crippen molar-refractivity contribution in [2.24, 2.45) is 0 Å². The number of nitrogens with zero attached hydrogens (tertiary/aromatic N) is 1. The number of rotatable bonds is 5. The first-order chi connectivity index (χ1) is 8.54. The minimum absolute atomic E-state index is 0.0502. The SMILES string of the molecule is COC(=O)/C(=C\c1ccccc1)CC(C)[N+](=O)[O-]. The van der Waals surface area contributed by atoms with Gasteiger partial charge in [0.15, 0.2) is 0 Å². The Kier molecular flexibility index (Phi) is 5.05. The van der Waals surface area contributed by atoms with Crippen LogP contribution in [-0.4, -0.2) is 24.0 Å². The molecule has 0 fully saturated rings. The minimum atomic E-state index is -0.820. The second-order valence-corrected chi connectivity index (χ2v) is 3.91. The molecule has 96 valence electrons. The maximum Gasteiger partial charge on any atom is 0.334 e. The molecule has 1 rings (SSSR count). The summed E-state index contributed by atoms with van der Waals surface area (Å²) in [5.41, 5.74) is 1.11. The Bertz CT molecular complexity index is 453. The number of hydrogen-bond donors (Lipinski definition) is 0. The molecular weight excluding hydrogens is 234 g/mol. The van der Waals surface area contributed by atoms with Gasteiger partial charge in [-0.05, 0) is 11.6 Å². The van der Waals surface area contributed by atoms with E-state index < -0.39 is 16.9 Å². The van der Waals surface area contributed by atoms with Crippen LogP contribution in [0.2, 0.25) is 0 Å². The molecule has 5 heteroatoms. The highest BCUT2D eigenvalue weighted by Gasteiger charge is 2.20. The van der Waals surface area contributed by atoms with Gasteiger partial charge < -0.3 is 4.74 Å². The Morgan fingerprint density at radius 3 is 2.56 bits per heavy atom. The molecule has 0 saturated carbocycles. The van der Waals surface area contributed by atoms with E-state index in [1.165, 1.54) is 14.0 Å². The summed E-state index contributed by atoms with van der Waals surface area (Å²) in [4.78, 5) is 21.8. The fraction of sp³-hybridized carbons (Fsp3) is 0.308. The third-order valence-electron chi connectivity index (χ3n) is 2.46. The van der Waals surface area contributed by atoms with E-state index in [0.29, 0.717) is 5.57 Å².